The Balaban J connectivity index is 2.45. The van der Waals surface area contributed by atoms with Crippen molar-refractivity contribution < 1.29 is 10.0 Å². The van der Waals surface area contributed by atoms with Gasteiger partial charge in [-0.3, -0.25) is 4.79 Å². The van der Waals surface area contributed by atoms with E-state index in [0.717, 1.165) is 5.56 Å². The van der Waals surface area contributed by atoms with Crippen LogP contribution in [0.4, 0.5) is 0 Å². The molecule has 1 aromatic rings. The Hall–Kier alpha value is -2.08. The van der Waals surface area contributed by atoms with Gasteiger partial charge in [-0.05, 0) is 19.4 Å². The van der Waals surface area contributed by atoms with E-state index >= 15 is 0 Å². The molecule has 0 spiro atoms. The predicted octanol–water partition coefficient (Wildman–Crippen LogP) is 0.785. The molecule has 1 aromatic carbocycles. The zero-order chi connectivity index (χ0) is 15.0. The molecule has 110 valence electrons. The third-order valence-corrected chi connectivity index (χ3v) is 2.70. The van der Waals surface area contributed by atoms with Crippen molar-refractivity contribution >= 4 is 11.7 Å². The van der Waals surface area contributed by atoms with Gasteiger partial charge in [-0.25, -0.2) is 0 Å². The lowest BCUT2D eigenvalue weighted by Crippen LogP contribution is -2.32. The molecule has 0 aromatic heterocycles. The highest BCUT2D eigenvalue weighted by Crippen LogP contribution is 2.08. The number of carbonyl (C=O) groups excluding carboxylic acids is 1. The Morgan fingerprint density at radius 2 is 2.10 bits per heavy atom. The number of hydrogen-bond acceptors (Lipinski definition) is 4. The van der Waals surface area contributed by atoms with E-state index in [9.17, 15) is 4.79 Å². The lowest BCUT2D eigenvalue weighted by atomic mass is 10.1. The number of nitrogens with one attached hydrogen (secondary N) is 2. The number of amides is 1. The van der Waals surface area contributed by atoms with Gasteiger partial charge in [-0.15, -0.1) is 0 Å². The average Bonchev–Trinajstić information content (AvgIpc) is 2.42. The summed E-state index contributed by atoms with van der Waals surface area (Å²) >= 11 is 0. The second-order valence-corrected chi connectivity index (χ2v) is 4.79. The number of amidine groups is 1. The normalized spacial score (nSPS) is 11.7. The summed E-state index contributed by atoms with van der Waals surface area (Å²) < 4.78 is 0. The molecule has 0 aliphatic rings. The molecule has 0 aliphatic carbocycles. The van der Waals surface area contributed by atoms with E-state index in [0.29, 0.717) is 25.1 Å². The van der Waals surface area contributed by atoms with Crippen LogP contribution in [0.15, 0.2) is 29.4 Å². The molecular formula is C14H22N4O2. The zero-order valence-electron chi connectivity index (χ0n) is 11.9. The number of benzene rings is 1. The van der Waals surface area contributed by atoms with Crippen LogP contribution < -0.4 is 16.4 Å². The summed E-state index contributed by atoms with van der Waals surface area (Å²) in [7, 11) is 0. The standard InChI is InChI=1S/C14H22N4O2/c1-10(2)17-13(19)7-8-16-9-11-5-3-4-6-12(11)14(15)18-20/h3-6,10,16,20H,7-9H2,1-2H3,(H2,15,18)(H,17,19). The Bertz CT molecular complexity index is 472. The molecule has 0 radical (unpaired) electrons. The Morgan fingerprint density at radius 3 is 2.75 bits per heavy atom. The van der Waals surface area contributed by atoms with Crippen LogP contribution in [0.3, 0.4) is 0 Å². The van der Waals surface area contributed by atoms with Crippen molar-refractivity contribution in [3.8, 4) is 0 Å². The molecule has 5 N–H and O–H groups in total. The van der Waals surface area contributed by atoms with Crippen LogP contribution in [0.25, 0.3) is 0 Å². The minimum absolute atomic E-state index is 0.0252. The first-order valence-corrected chi connectivity index (χ1v) is 6.60. The van der Waals surface area contributed by atoms with Crippen LogP contribution in [0, 0.1) is 0 Å². The molecule has 0 bridgehead atoms. The Morgan fingerprint density at radius 1 is 1.40 bits per heavy atom. The highest BCUT2D eigenvalue weighted by Gasteiger charge is 2.06. The van der Waals surface area contributed by atoms with Gasteiger partial charge in [0.2, 0.25) is 5.91 Å². The van der Waals surface area contributed by atoms with Gasteiger partial charge in [0.25, 0.3) is 0 Å². The molecule has 0 saturated carbocycles. The Labute approximate surface area is 119 Å². The fourth-order valence-corrected chi connectivity index (χ4v) is 1.80. The monoisotopic (exact) mass is 278 g/mol. The Kier molecular flexibility index (Phi) is 6.52. The first-order valence-electron chi connectivity index (χ1n) is 6.60. The van der Waals surface area contributed by atoms with Crippen LogP contribution >= 0.6 is 0 Å². The molecule has 20 heavy (non-hydrogen) atoms. The van der Waals surface area contributed by atoms with E-state index in [-0.39, 0.29) is 17.8 Å². The van der Waals surface area contributed by atoms with Crippen molar-refractivity contribution in [3.05, 3.63) is 35.4 Å². The first kappa shape index (κ1) is 16.0. The van der Waals surface area contributed by atoms with Crippen molar-refractivity contribution in [2.24, 2.45) is 10.9 Å². The molecule has 0 aliphatic heterocycles. The fourth-order valence-electron chi connectivity index (χ4n) is 1.80. The van der Waals surface area contributed by atoms with E-state index in [4.69, 9.17) is 10.9 Å². The van der Waals surface area contributed by atoms with Gasteiger partial charge in [-0.1, -0.05) is 29.4 Å². The van der Waals surface area contributed by atoms with Gasteiger partial charge in [-0.2, -0.15) is 0 Å². The number of rotatable bonds is 7. The smallest absolute Gasteiger partial charge is 0.221 e. The van der Waals surface area contributed by atoms with Gasteiger partial charge < -0.3 is 21.6 Å². The van der Waals surface area contributed by atoms with Gasteiger partial charge in [0.1, 0.15) is 0 Å². The quantitative estimate of drug-likeness (QED) is 0.195. The molecule has 0 atom stereocenters. The van der Waals surface area contributed by atoms with Crippen molar-refractivity contribution in [1.29, 1.82) is 0 Å². The lowest BCUT2D eigenvalue weighted by molar-refractivity contribution is -0.121. The second kappa shape index (κ2) is 8.16. The second-order valence-electron chi connectivity index (χ2n) is 4.79. The number of hydrogen-bond donors (Lipinski definition) is 4. The zero-order valence-corrected chi connectivity index (χ0v) is 11.9. The van der Waals surface area contributed by atoms with Crippen LogP contribution in [0.5, 0.6) is 0 Å². The third-order valence-electron chi connectivity index (χ3n) is 2.70. The molecule has 0 saturated heterocycles. The topological polar surface area (TPSA) is 99.7 Å². The van der Waals surface area contributed by atoms with Crippen molar-refractivity contribution in [2.45, 2.75) is 32.9 Å². The molecule has 0 fully saturated rings. The summed E-state index contributed by atoms with van der Waals surface area (Å²) in [5, 5.41) is 17.7. The minimum atomic E-state index is 0.0252. The SMILES string of the molecule is CC(C)NC(=O)CCNCc1ccccc1/C(N)=N/O. The summed E-state index contributed by atoms with van der Waals surface area (Å²) in [4.78, 5) is 11.5. The molecule has 0 unspecified atom stereocenters. The minimum Gasteiger partial charge on any atom is -0.409 e. The van der Waals surface area contributed by atoms with Crippen molar-refractivity contribution in [1.82, 2.24) is 10.6 Å². The number of nitrogens with two attached hydrogens (primary N) is 1. The fraction of sp³-hybridized carbons (Fsp3) is 0.429. The van der Waals surface area contributed by atoms with Crippen molar-refractivity contribution in [2.75, 3.05) is 6.54 Å². The molecule has 1 amide bonds. The van der Waals surface area contributed by atoms with Gasteiger partial charge >= 0.3 is 0 Å². The predicted molar refractivity (Wildman–Crippen MR) is 78.6 cm³/mol. The highest BCUT2D eigenvalue weighted by atomic mass is 16.4. The summed E-state index contributed by atoms with van der Waals surface area (Å²) in [6, 6.07) is 7.55. The average molecular weight is 278 g/mol. The maximum atomic E-state index is 11.5. The number of nitrogens with zero attached hydrogens (tertiary/aromatic N) is 1. The van der Waals surface area contributed by atoms with Crippen LogP contribution in [0.2, 0.25) is 0 Å². The van der Waals surface area contributed by atoms with E-state index in [1.54, 1.807) is 6.07 Å². The van der Waals surface area contributed by atoms with E-state index in [1.165, 1.54) is 0 Å². The third kappa shape index (κ3) is 5.27. The molecule has 6 heteroatoms. The summed E-state index contributed by atoms with van der Waals surface area (Å²) in [5.41, 5.74) is 7.22. The van der Waals surface area contributed by atoms with Gasteiger partial charge in [0, 0.05) is 31.1 Å². The maximum absolute atomic E-state index is 11.5. The van der Waals surface area contributed by atoms with Crippen molar-refractivity contribution in [3.63, 3.8) is 0 Å². The molecule has 0 heterocycles. The van der Waals surface area contributed by atoms with Crippen LogP contribution in [-0.2, 0) is 11.3 Å². The first-order chi connectivity index (χ1) is 9.54. The van der Waals surface area contributed by atoms with Crippen LogP contribution in [0.1, 0.15) is 31.4 Å². The molecule has 1 rings (SSSR count). The van der Waals surface area contributed by atoms with Crippen LogP contribution in [-0.4, -0.2) is 29.5 Å². The summed E-state index contributed by atoms with van der Waals surface area (Å²) in [6.45, 7) is 4.99. The number of oxime groups is 1. The highest BCUT2D eigenvalue weighted by molar-refractivity contribution is 5.98. The number of carbonyl (C=O) groups is 1. The van der Waals surface area contributed by atoms with Gasteiger partial charge in [0.05, 0.1) is 0 Å². The summed E-state index contributed by atoms with van der Waals surface area (Å²) in [6.07, 6.45) is 0.421. The van der Waals surface area contributed by atoms with E-state index in [1.807, 2.05) is 32.0 Å². The van der Waals surface area contributed by atoms with E-state index < -0.39 is 0 Å². The van der Waals surface area contributed by atoms with E-state index in [2.05, 4.69) is 15.8 Å². The largest absolute Gasteiger partial charge is 0.409 e. The van der Waals surface area contributed by atoms with Gasteiger partial charge in [0.15, 0.2) is 5.84 Å². The lowest BCUT2D eigenvalue weighted by Gasteiger charge is -2.10. The molecular weight excluding hydrogens is 256 g/mol. The molecule has 6 nitrogen and oxygen atoms in total. The summed E-state index contributed by atoms with van der Waals surface area (Å²) in [5.74, 6) is 0.108. The maximum Gasteiger partial charge on any atom is 0.221 e.